The summed E-state index contributed by atoms with van der Waals surface area (Å²) in [6.07, 6.45) is 1.30. The molecule has 0 aliphatic heterocycles. The molecule has 0 spiro atoms. The first kappa shape index (κ1) is 11.4. The third kappa shape index (κ3) is 2.74. The molecule has 2 rings (SSSR count). The standard InChI is InChI=1S/C12H15BrClN/c1-2-15-7-8-5-11(8)10-4-3-9(14)6-12(10)13/h3-4,6,8,11,15H,2,5,7H2,1H3. The van der Waals surface area contributed by atoms with E-state index in [1.807, 2.05) is 12.1 Å². The molecular weight excluding hydrogens is 273 g/mol. The smallest absolute Gasteiger partial charge is 0.0417 e. The molecule has 1 fully saturated rings. The SMILES string of the molecule is CCNCC1CC1c1ccc(Cl)cc1Br. The second-order valence-electron chi connectivity index (χ2n) is 4.08. The minimum absolute atomic E-state index is 0.718. The predicted octanol–water partition coefficient (Wildman–Crippen LogP) is 3.82. The number of nitrogens with one attached hydrogen (secondary N) is 1. The second kappa shape index (κ2) is 4.86. The lowest BCUT2D eigenvalue weighted by Crippen LogP contribution is -2.16. The average Bonchev–Trinajstić information content (AvgIpc) is 2.94. The summed E-state index contributed by atoms with van der Waals surface area (Å²) < 4.78 is 1.15. The van der Waals surface area contributed by atoms with Crippen LogP contribution in [0.25, 0.3) is 0 Å². The van der Waals surface area contributed by atoms with Gasteiger partial charge in [0.2, 0.25) is 0 Å². The van der Waals surface area contributed by atoms with Crippen molar-refractivity contribution in [3.63, 3.8) is 0 Å². The van der Waals surface area contributed by atoms with Crippen LogP contribution in [0.3, 0.4) is 0 Å². The molecule has 0 bridgehead atoms. The molecule has 1 aliphatic rings. The van der Waals surface area contributed by atoms with Crippen LogP contribution in [0.15, 0.2) is 22.7 Å². The van der Waals surface area contributed by atoms with Gasteiger partial charge >= 0.3 is 0 Å². The van der Waals surface area contributed by atoms with Gasteiger partial charge in [-0.3, -0.25) is 0 Å². The van der Waals surface area contributed by atoms with Crippen molar-refractivity contribution in [2.24, 2.45) is 5.92 Å². The largest absolute Gasteiger partial charge is 0.317 e. The topological polar surface area (TPSA) is 12.0 Å². The van der Waals surface area contributed by atoms with Crippen LogP contribution in [0.1, 0.15) is 24.8 Å². The van der Waals surface area contributed by atoms with Crippen molar-refractivity contribution in [2.45, 2.75) is 19.3 Å². The Hall–Kier alpha value is -0.0500. The van der Waals surface area contributed by atoms with Gasteiger partial charge in [-0.2, -0.15) is 0 Å². The maximum atomic E-state index is 5.92. The number of hydrogen-bond donors (Lipinski definition) is 1. The predicted molar refractivity (Wildman–Crippen MR) is 68.5 cm³/mol. The Morgan fingerprint density at radius 1 is 1.53 bits per heavy atom. The quantitative estimate of drug-likeness (QED) is 0.888. The first-order chi connectivity index (χ1) is 7.22. The molecule has 2 atom stereocenters. The molecule has 0 aromatic heterocycles. The summed E-state index contributed by atoms with van der Waals surface area (Å²) in [5.74, 6) is 1.53. The van der Waals surface area contributed by atoms with E-state index in [4.69, 9.17) is 11.6 Å². The van der Waals surface area contributed by atoms with Gasteiger partial charge in [0.1, 0.15) is 0 Å². The van der Waals surface area contributed by atoms with Gasteiger partial charge in [0, 0.05) is 9.50 Å². The Kier molecular flexibility index (Phi) is 3.70. The number of benzene rings is 1. The van der Waals surface area contributed by atoms with E-state index < -0.39 is 0 Å². The van der Waals surface area contributed by atoms with Crippen molar-refractivity contribution in [3.05, 3.63) is 33.3 Å². The molecular formula is C12H15BrClN. The normalized spacial score (nSPS) is 24.2. The Bertz CT molecular complexity index is 353. The average molecular weight is 289 g/mol. The molecule has 0 heterocycles. The molecule has 2 unspecified atom stereocenters. The zero-order chi connectivity index (χ0) is 10.8. The highest BCUT2D eigenvalue weighted by molar-refractivity contribution is 9.10. The van der Waals surface area contributed by atoms with Crippen LogP contribution in [-0.4, -0.2) is 13.1 Å². The highest BCUT2D eigenvalue weighted by Gasteiger charge is 2.38. The Morgan fingerprint density at radius 3 is 3.00 bits per heavy atom. The van der Waals surface area contributed by atoms with Crippen LogP contribution in [0, 0.1) is 5.92 Å². The fraction of sp³-hybridized carbons (Fsp3) is 0.500. The van der Waals surface area contributed by atoms with Crippen LogP contribution < -0.4 is 5.32 Å². The van der Waals surface area contributed by atoms with Gasteiger partial charge in [0.25, 0.3) is 0 Å². The van der Waals surface area contributed by atoms with Crippen molar-refractivity contribution in [3.8, 4) is 0 Å². The molecule has 1 aliphatic carbocycles. The van der Waals surface area contributed by atoms with Gasteiger partial charge in [-0.25, -0.2) is 0 Å². The third-order valence-corrected chi connectivity index (χ3v) is 3.86. The Morgan fingerprint density at radius 2 is 2.33 bits per heavy atom. The van der Waals surface area contributed by atoms with E-state index in [-0.39, 0.29) is 0 Å². The fourth-order valence-corrected chi connectivity index (χ4v) is 2.96. The van der Waals surface area contributed by atoms with Crippen LogP contribution >= 0.6 is 27.5 Å². The lowest BCUT2D eigenvalue weighted by molar-refractivity contribution is 0.649. The maximum absolute atomic E-state index is 5.92. The summed E-state index contributed by atoms with van der Waals surface area (Å²) in [6.45, 7) is 4.34. The van der Waals surface area contributed by atoms with E-state index in [9.17, 15) is 0 Å². The van der Waals surface area contributed by atoms with E-state index in [0.29, 0.717) is 0 Å². The third-order valence-electron chi connectivity index (χ3n) is 2.94. The summed E-state index contributed by atoms with van der Waals surface area (Å²) in [6, 6.07) is 6.10. The summed E-state index contributed by atoms with van der Waals surface area (Å²) >= 11 is 9.50. The van der Waals surface area contributed by atoms with Gasteiger partial charge in [-0.15, -0.1) is 0 Å². The summed E-state index contributed by atoms with van der Waals surface area (Å²) in [5.41, 5.74) is 1.40. The molecule has 0 saturated heterocycles. The number of hydrogen-bond acceptors (Lipinski definition) is 1. The molecule has 15 heavy (non-hydrogen) atoms. The van der Waals surface area contributed by atoms with E-state index in [1.165, 1.54) is 12.0 Å². The Labute approximate surface area is 104 Å². The summed E-state index contributed by atoms with van der Waals surface area (Å²) in [5, 5.41) is 4.20. The van der Waals surface area contributed by atoms with Gasteiger partial charge < -0.3 is 5.32 Å². The zero-order valence-electron chi connectivity index (χ0n) is 8.76. The number of halogens is 2. The monoisotopic (exact) mass is 287 g/mol. The van der Waals surface area contributed by atoms with Gasteiger partial charge in [-0.1, -0.05) is 40.5 Å². The molecule has 1 aromatic rings. The first-order valence-electron chi connectivity index (χ1n) is 5.38. The highest BCUT2D eigenvalue weighted by Crippen LogP contribution is 2.49. The highest BCUT2D eigenvalue weighted by atomic mass is 79.9. The molecule has 1 nitrogen and oxygen atoms in total. The van der Waals surface area contributed by atoms with Crippen molar-refractivity contribution in [2.75, 3.05) is 13.1 Å². The van der Waals surface area contributed by atoms with Gasteiger partial charge in [-0.05, 0) is 49.0 Å². The second-order valence-corrected chi connectivity index (χ2v) is 5.37. The molecule has 1 saturated carbocycles. The minimum atomic E-state index is 0.718. The van der Waals surface area contributed by atoms with Crippen molar-refractivity contribution in [1.29, 1.82) is 0 Å². The lowest BCUT2D eigenvalue weighted by atomic mass is 10.1. The maximum Gasteiger partial charge on any atom is 0.0417 e. The fourth-order valence-electron chi connectivity index (χ4n) is 1.99. The van der Waals surface area contributed by atoms with Gasteiger partial charge in [0.15, 0.2) is 0 Å². The van der Waals surface area contributed by atoms with E-state index in [2.05, 4.69) is 34.2 Å². The number of rotatable bonds is 4. The first-order valence-corrected chi connectivity index (χ1v) is 6.55. The Balaban J connectivity index is 2.00. The molecule has 1 aromatic carbocycles. The van der Waals surface area contributed by atoms with Gasteiger partial charge in [0.05, 0.1) is 0 Å². The van der Waals surface area contributed by atoms with Crippen LogP contribution in [0.5, 0.6) is 0 Å². The lowest BCUT2D eigenvalue weighted by Gasteiger charge is -2.04. The summed E-state index contributed by atoms with van der Waals surface area (Å²) in [4.78, 5) is 0. The molecule has 1 N–H and O–H groups in total. The zero-order valence-corrected chi connectivity index (χ0v) is 11.1. The molecule has 3 heteroatoms. The van der Waals surface area contributed by atoms with E-state index in [0.717, 1.165) is 34.4 Å². The van der Waals surface area contributed by atoms with E-state index in [1.54, 1.807) is 0 Å². The molecule has 0 amide bonds. The van der Waals surface area contributed by atoms with Crippen molar-refractivity contribution < 1.29 is 0 Å². The van der Waals surface area contributed by atoms with Crippen LogP contribution in [-0.2, 0) is 0 Å². The van der Waals surface area contributed by atoms with E-state index >= 15 is 0 Å². The van der Waals surface area contributed by atoms with Crippen LogP contribution in [0.4, 0.5) is 0 Å². The van der Waals surface area contributed by atoms with Crippen molar-refractivity contribution in [1.82, 2.24) is 5.32 Å². The summed E-state index contributed by atoms with van der Waals surface area (Å²) in [7, 11) is 0. The minimum Gasteiger partial charge on any atom is -0.317 e. The molecule has 0 radical (unpaired) electrons. The molecule has 82 valence electrons. The van der Waals surface area contributed by atoms with Crippen LogP contribution in [0.2, 0.25) is 5.02 Å². The van der Waals surface area contributed by atoms with Crippen molar-refractivity contribution >= 4 is 27.5 Å².